The Morgan fingerprint density at radius 3 is 1.54 bits per heavy atom. The van der Waals surface area contributed by atoms with Gasteiger partial charge in [-0.05, 0) is 0 Å². The van der Waals surface area contributed by atoms with Crippen molar-refractivity contribution in [1.29, 1.82) is 0 Å². The van der Waals surface area contributed by atoms with E-state index < -0.39 is 26.7 Å². The summed E-state index contributed by atoms with van der Waals surface area (Å²) in [6.45, 7) is 4.90. The van der Waals surface area contributed by atoms with Crippen LogP contribution in [-0.2, 0) is 17.9 Å². The van der Waals surface area contributed by atoms with Gasteiger partial charge < -0.3 is 0 Å². The molecule has 5 unspecified atom stereocenters. The fourth-order valence-corrected chi connectivity index (χ4v) is 34.5. The number of allylic oxidation sites excluding steroid dienone is 16. The molecule has 61 heavy (non-hydrogen) atoms. The third kappa shape index (κ3) is 4.94. The van der Waals surface area contributed by atoms with Gasteiger partial charge in [-0.2, -0.15) is 0 Å². The van der Waals surface area contributed by atoms with E-state index in [0.717, 1.165) is 45.9 Å². The first-order valence-electron chi connectivity index (χ1n) is 21.8. The van der Waals surface area contributed by atoms with Gasteiger partial charge in [0.05, 0.1) is 0 Å². The summed E-state index contributed by atoms with van der Waals surface area (Å²) in [5.74, 6) is 1.91. The molecule has 5 atom stereocenters. The van der Waals surface area contributed by atoms with Gasteiger partial charge in [0.1, 0.15) is 0 Å². The van der Waals surface area contributed by atoms with E-state index in [1.54, 1.807) is 17.5 Å². The molecule has 0 N–H and O–H groups in total. The van der Waals surface area contributed by atoms with Crippen LogP contribution in [0.3, 0.4) is 0 Å². The van der Waals surface area contributed by atoms with Gasteiger partial charge in [-0.1, -0.05) is 0 Å². The molecule has 12 rings (SSSR count). The van der Waals surface area contributed by atoms with Gasteiger partial charge in [-0.25, -0.2) is 0 Å². The van der Waals surface area contributed by atoms with Crippen molar-refractivity contribution in [3.63, 3.8) is 0 Å². The van der Waals surface area contributed by atoms with Crippen molar-refractivity contribution in [3.8, 4) is 11.5 Å². The number of fused-ring (bicyclic) bond motifs is 8. The molecule has 0 fully saturated rings. The SMILES string of the molecule is COc1c2ccccc2c(C2C=CC=CC3=C2C2=C(C)[CH]3[Zr]([Cl])([Cl])[C]34CCC[SiH]2C(=C3C)C2=C4C=CC=CC2c2c3ccccc3c(OC)c3ccccc23)c2ccccc12. The average Bonchev–Trinajstić information content (AvgIpc) is 3.42. The first-order valence-corrected chi connectivity index (χ1v) is 32.7. The Balaban J connectivity index is 1.15. The third-order valence-electron chi connectivity index (χ3n) is 15.4. The Labute approximate surface area is 371 Å². The van der Waals surface area contributed by atoms with Gasteiger partial charge >= 0.3 is 374 Å². The average molecular weight is 929 g/mol. The van der Waals surface area contributed by atoms with Crippen molar-refractivity contribution in [2.45, 2.75) is 51.3 Å². The molecular weight excluding hydrogens is 883 g/mol. The van der Waals surface area contributed by atoms with Gasteiger partial charge in [0.25, 0.3) is 0 Å². The van der Waals surface area contributed by atoms with E-state index in [2.05, 4.69) is 160 Å². The second-order valence-electron chi connectivity index (χ2n) is 17.8. The number of ether oxygens (including phenoxy) is 2. The Bertz CT molecular complexity index is 3120. The molecule has 6 aromatic carbocycles. The molecule has 2 aliphatic heterocycles. The number of methoxy groups -OCH3 is 2. The molecule has 0 spiro atoms. The minimum absolute atomic E-state index is 0.0197. The first-order chi connectivity index (χ1) is 29.8. The Kier molecular flexibility index (Phi) is 8.80. The van der Waals surface area contributed by atoms with Crippen LogP contribution in [-0.4, -0.2) is 23.0 Å². The zero-order chi connectivity index (χ0) is 41.4. The van der Waals surface area contributed by atoms with Gasteiger partial charge in [0.15, 0.2) is 0 Å². The summed E-state index contributed by atoms with van der Waals surface area (Å²) in [6.07, 6.45) is 21.1. The van der Waals surface area contributed by atoms with E-state index in [1.807, 2.05) is 7.11 Å². The maximum atomic E-state index is 8.68. The topological polar surface area (TPSA) is 18.5 Å². The molecule has 5 bridgehead atoms. The number of hydrogen-bond donors (Lipinski definition) is 0. The van der Waals surface area contributed by atoms with Crippen LogP contribution in [0, 0.1) is 0 Å². The van der Waals surface area contributed by atoms with Gasteiger partial charge in [0.2, 0.25) is 0 Å². The zero-order valence-electron chi connectivity index (χ0n) is 34.9. The Morgan fingerprint density at radius 1 is 0.590 bits per heavy atom. The van der Waals surface area contributed by atoms with E-state index in [-0.39, 0.29) is 18.6 Å². The van der Waals surface area contributed by atoms with E-state index in [1.165, 1.54) is 72.2 Å². The van der Waals surface area contributed by atoms with Crippen LogP contribution in [0.15, 0.2) is 190 Å². The Morgan fingerprint density at radius 2 is 1.05 bits per heavy atom. The van der Waals surface area contributed by atoms with Crippen molar-refractivity contribution in [2.75, 3.05) is 14.2 Å². The predicted octanol–water partition coefficient (Wildman–Crippen LogP) is 15.2. The van der Waals surface area contributed by atoms with Crippen LogP contribution in [0.25, 0.3) is 43.1 Å². The molecular formula is C55H46Cl2O2SiZr. The van der Waals surface area contributed by atoms with Crippen molar-refractivity contribution >= 4 is 68.9 Å². The van der Waals surface area contributed by atoms with Crippen molar-refractivity contribution in [1.82, 2.24) is 0 Å². The van der Waals surface area contributed by atoms with Crippen LogP contribution < -0.4 is 9.47 Å². The molecule has 2 heterocycles. The molecule has 0 saturated carbocycles. The fourth-order valence-electron chi connectivity index (χ4n) is 13.3. The van der Waals surface area contributed by atoms with E-state index in [9.17, 15) is 0 Å². The number of halogens is 2. The van der Waals surface area contributed by atoms with Crippen LogP contribution in [0.2, 0.25) is 12.8 Å². The molecule has 6 aromatic rings. The summed E-state index contributed by atoms with van der Waals surface area (Å²) >= 11 is -4.47. The van der Waals surface area contributed by atoms with E-state index >= 15 is 0 Å². The number of benzene rings is 6. The second-order valence-corrected chi connectivity index (χ2v) is 35.4. The summed E-state index contributed by atoms with van der Waals surface area (Å²) in [5, 5.41) is 12.8. The predicted molar refractivity (Wildman–Crippen MR) is 257 cm³/mol. The molecule has 0 radical (unpaired) electrons. The summed E-state index contributed by atoms with van der Waals surface area (Å²) in [6, 6.07) is 36.6. The summed E-state index contributed by atoms with van der Waals surface area (Å²) in [5.41, 5.74) is 11.4. The van der Waals surface area contributed by atoms with Crippen LogP contribution in [0.5, 0.6) is 11.5 Å². The molecule has 0 saturated heterocycles. The summed E-state index contributed by atoms with van der Waals surface area (Å²) < 4.78 is 12.1. The first kappa shape index (κ1) is 38.3. The van der Waals surface area contributed by atoms with Crippen molar-refractivity contribution in [3.05, 3.63) is 201 Å². The van der Waals surface area contributed by atoms with Crippen molar-refractivity contribution < 1.29 is 27.4 Å². The van der Waals surface area contributed by atoms with Crippen LogP contribution in [0.4, 0.5) is 0 Å². The fraction of sp³-hybridized carbons (Fsp3) is 0.200. The molecule has 300 valence electrons. The molecule has 6 aliphatic rings. The molecule has 6 heteroatoms. The molecule has 4 aliphatic carbocycles. The van der Waals surface area contributed by atoms with Gasteiger partial charge in [-0.3, -0.25) is 0 Å². The monoisotopic (exact) mass is 926 g/mol. The summed E-state index contributed by atoms with van der Waals surface area (Å²) in [4.78, 5) is 0. The number of hydrogen-bond acceptors (Lipinski definition) is 2. The summed E-state index contributed by atoms with van der Waals surface area (Å²) in [7, 11) is 19.0. The third-order valence-corrected chi connectivity index (χ3v) is 34.3. The quantitative estimate of drug-likeness (QED) is 0.130. The Hall–Kier alpha value is -4.44. The maximum absolute atomic E-state index is 8.68. The molecule has 2 nitrogen and oxygen atoms in total. The number of rotatable bonds is 4. The minimum atomic E-state index is -4.47. The molecule has 0 aromatic heterocycles. The normalized spacial score (nSPS) is 26.0. The van der Waals surface area contributed by atoms with E-state index in [0.29, 0.717) is 0 Å². The zero-order valence-corrected chi connectivity index (χ0v) is 40.0. The van der Waals surface area contributed by atoms with Crippen molar-refractivity contribution in [2.24, 2.45) is 0 Å². The second kappa shape index (κ2) is 14.0. The van der Waals surface area contributed by atoms with Gasteiger partial charge in [0, 0.05) is 0 Å². The standard InChI is InChI=1S/C55H46O2Si.2ClH.Zr/c1-33-32-35-18-5-6-28-46(49-38-20-7-12-24-42(38)52(56-3)43-25-13-8-21-39(43)49)48(35)54(33)58-31-17-30-36-34(2)55(58)51-37(36)19-11-16-29-47(51)50-40-22-9-14-26-44(40)53(57-4)45-27-15-10-23-41(45)50;;;/h5-16,18-29,32,46-47,58H,17,30-31H2,1-4H3;2*1H;/q;;;+2/p-2. The van der Waals surface area contributed by atoms with E-state index in [4.69, 9.17) is 26.5 Å². The van der Waals surface area contributed by atoms with Crippen LogP contribution >= 0.6 is 17.0 Å². The molecule has 0 amide bonds. The van der Waals surface area contributed by atoms with Gasteiger partial charge in [-0.15, -0.1) is 0 Å². The van der Waals surface area contributed by atoms with Crippen LogP contribution in [0.1, 0.15) is 49.7 Å².